The molecule has 112 valence electrons. The van der Waals surface area contributed by atoms with E-state index in [1.165, 1.54) is 18.2 Å². The van der Waals surface area contributed by atoms with Gasteiger partial charge in [-0.15, -0.1) is 12.4 Å². The molecule has 0 aromatic heterocycles. The normalized spacial score (nSPS) is 15.2. The van der Waals surface area contributed by atoms with Crippen molar-refractivity contribution in [2.24, 2.45) is 17.6 Å². The van der Waals surface area contributed by atoms with Crippen LogP contribution in [0.2, 0.25) is 0 Å². The molecule has 1 aromatic carbocycles. The molecule has 1 amide bonds. The van der Waals surface area contributed by atoms with Crippen LogP contribution in [0.3, 0.4) is 0 Å². The largest absolute Gasteiger partial charge is 0.491 e. The van der Waals surface area contributed by atoms with E-state index in [1.807, 2.05) is 0 Å². The van der Waals surface area contributed by atoms with Crippen molar-refractivity contribution >= 4 is 24.0 Å². The van der Waals surface area contributed by atoms with Gasteiger partial charge in [-0.25, -0.2) is 4.39 Å². The molecule has 0 spiro atoms. The highest BCUT2D eigenvalue weighted by atomic mass is 35.5. The predicted molar refractivity (Wildman–Crippen MR) is 78.7 cm³/mol. The Labute approximate surface area is 124 Å². The van der Waals surface area contributed by atoms with E-state index >= 15 is 0 Å². The van der Waals surface area contributed by atoms with Crippen LogP contribution in [0.25, 0.3) is 0 Å². The zero-order chi connectivity index (χ0) is 13.8. The molecule has 0 heterocycles. The zero-order valence-corrected chi connectivity index (χ0v) is 12.2. The number of carbonyl (C=O) groups is 1. The van der Waals surface area contributed by atoms with E-state index in [1.54, 1.807) is 6.92 Å². The molecular formula is C14H20ClFN2O2. The van der Waals surface area contributed by atoms with Gasteiger partial charge in [-0.3, -0.25) is 4.79 Å². The van der Waals surface area contributed by atoms with Crippen LogP contribution < -0.4 is 15.8 Å². The average Bonchev–Trinajstić information content (AvgIpc) is 3.22. The van der Waals surface area contributed by atoms with Gasteiger partial charge in [0.2, 0.25) is 5.91 Å². The Balaban J connectivity index is 0.00000200. The van der Waals surface area contributed by atoms with E-state index < -0.39 is 0 Å². The Morgan fingerprint density at radius 2 is 2.25 bits per heavy atom. The van der Waals surface area contributed by atoms with Crippen LogP contribution in [-0.2, 0) is 4.79 Å². The number of benzene rings is 1. The average molecular weight is 303 g/mol. The lowest BCUT2D eigenvalue weighted by Crippen LogP contribution is -2.26. The first-order valence-corrected chi connectivity index (χ1v) is 6.53. The van der Waals surface area contributed by atoms with Crippen LogP contribution in [0.1, 0.15) is 19.8 Å². The number of ether oxygens (including phenoxy) is 1. The highest BCUT2D eigenvalue weighted by Crippen LogP contribution is 2.32. The highest BCUT2D eigenvalue weighted by molar-refractivity contribution is 5.93. The van der Waals surface area contributed by atoms with Crippen molar-refractivity contribution in [3.05, 3.63) is 24.0 Å². The number of rotatable bonds is 6. The van der Waals surface area contributed by atoms with Gasteiger partial charge in [-0.05, 0) is 30.9 Å². The minimum Gasteiger partial charge on any atom is -0.491 e. The number of nitrogens with one attached hydrogen (secondary N) is 1. The minimum absolute atomic E-state index is 0. The molecule has 1 aliphatic rings. The fraction of sp³-hybridized carbons (Fsp3) is 0.500. The van der Waals surface area contributed by atoms with Crippen LogP contribution in [0.5, 0.6) is 5.75 Å². The first kappa shape index (κ1) is 16.7. The Morgan fingerprint density at radius 3 is 2.85 bits per heavy atom. The third-order valence-corrected chi connectivity index (χ3v) is 3.17. The maximum absolute atomic E-state index is 13.2. The summed E-state index contributed by atoms with van der Waals surface area (Å²) in [5.74, 6) is 0.0849. The summed E-state index contributed by atoms with van der Waals surface area (Å²) in [5, 5.41) is 2.72. The fourth-order valence-electron chi connectivity index (χ4n) is 1.57. The van der Waals surface area contributed by atoms with Crippen LogP contribution >= 0.6 is 12.4 Å². The molecule has 1 aromatic rings. The lowest BCUT2D eigenvalue weighted by atomic mass is 10.1. The Hall–Kier alpha value is -1.33. The van der Waals surface area contributed by atoms with Crippen molar-refractivity contribution in [2.75, 3.05) is 18.5 Å². The molecule has 1 unspecified atom stereocenters. The molecule has 0 radical (unpaired) electrons. The van der Waals surface area contributed by atoms with Gasteiger partial charge in [0, 0.05) is 18.5 Å². The van der Waals surface area contributed by atoms with Crippen molar-refractivity contribution < 1.29 is 13.9 Å². The fourth-order valence-corrected chi connectivity index (χ4v) is 1.57. The molecule has 1 saturated carbocycles. The first-order chi connectivity index (χ1) is 9.10. The maximum atomic E-state index is 13.2. The Bertz CT molecular complexity index is 466. The molecule has 0 bridgehead atoms. The minimum atomic E-state index is -0.379. The van der Waals surface area contributed by atoms with E-state index in [4.69, 9.17) is 10.5 Å². The number of halogens is 2. The molecule has 0 aliphatic heterocycles. The number of hydrogen-bond acceptors (Lipinski definition) is 3. The van der Waals surface area contributed by atoms with Gasteiger partial charge < -0.3 is 15.8 Å². The molecule has 1 fully saturated rings. The van der Waals surface area contributed by atoms with Crippen molar-refractivity contribution in [2.45, 2.75) is 19.8 Å². The smallest absolute Gasteiger partial charge is 0.228 e. The summed E-state index contributed by atoms with van der Waals surface area (Å²) >= 11 is 0. The standard InChI is InChI=1S/C14H19FN2O2.ClH/c1-9(7-16)14(18)17-12-5-4-11(15)6-13(12)19-8-10-2-3-10;/h4-6,9-10H,2-3,7-8,16H2,1H3,(H,17,18);1H. The molecule has 0 saturated heterocycles. The van der Waals surface area contributed by atoms with E-state index in [0.717, 1.165) is 12.8 Å². The number of nitrogens with two attached hydrogens (primary N) is 1. The van der Waals surface area contributed by atoms with Crippen molar-refractivity contribution in [1.29, 1.82) is 0 Å². The lowest BCUT2D eigenvalue weighted by Gasteiger charge is -2.14. The maximum Gasteiger partial charge on any atom is 0.228 e. The molecule has 3 N–H and O–H groups in total. The quantitative estimate of drug-likeness (QED) is 0.849. The SMILES string of the molecule is CC(CN)C(=O)Nc1ccc(F)cc1OCC1CC1.Cl. The van der Waals surface area contributed by atoms with Gasteiger partial charge in [-0.1, -0.05) is 6.92 Å². The van der Waals surface area contributed by atoms with Crippen molar-refractivity contribution in [1.82, 2.24) is 0 Å². The van der Waals surface area contributed by atoms with E-state index in [2.05, 4.69) is 5.32 Å². The summed E-state index contributed by atoms with van der Waals surface area (Å²) in [6.07, 6.45) is 2.31. The second-order valence-electron chi connectivity index (χ2n) is 5.02. The van der Waals surface area contributed by atoms with Crippen molar-refractivity contribution in [3.63, 3.8) is 0 Å². The van der Waals surface area contributed by atoms with Gasteiger partial charge in [0.15, 0.2) is 0 Å². The molecule has 2 rings (SSSR count). The summed E-state index contributed by atoms with van der Waals surface area (Å²) in [4.78, 5) is 11.8. The van der Waals surface area contributed by atoms with Gasteiger partial charge in [0.25, 0.3) is 0 Å². The van der Waals surface area contributed by atoms with E-state index in [9.17, 15) is 9.18 Å². The summed E-state index contributed by atoms with van der Waals surface area (Å²) in [5.41, 5.74) is 5.94. The Morgan fingerprint density at radius 1 is 1.55 bits per heavy atom. The third-order valence-electron chi connectivity index (χ3n) is 3.17. The van der Waals surface area contributed by atoms with Gasteiger partial charge in [-0.2, -0.15) is 0 Å². The molecule has 1 aliphatic carbocycles. The summed E-state index contributed by atoms with van der Waals surface area (Å²) < 4.78 is 18.8. The number of amides is 1. The Kier molecular flexibility index (Phi) is 6.23. The molecule has 1 atom stereocenters. The van der Waals surface area contributed by atoms with Crippen LogP contribution in [-0.4, -0.2) is 19.1 Å². The number of hydrogen-bond donors (Lipinski definition) is 2. The van der Waals surface area contributed by atoms with Gasteiger partial charge >= 0.3 is 0 Å². The zero-order valence-electron chi connectivity index (χ0n) is 11.4. The van der Waals surface area contributed by atoms with Crippen LogP contribution in [0.15, 0.2) is 18.2 Å². The van der Waals surface area contributed by atoms with E-state index in [0.29, 0.717) is 24.0 Å². The lowest BCUT2D eigenvalue weighted by molar-refractivity contribution is -0.119. The first-order valence-electron chi connectivity index (χ1n) is 6.53. The van der Waals surface area contributed by atoms with Gasteiger partial charge in [0.1, 0.15) is 11.6 Å². The van der Waals surface area contributed by atoms with E-state index in [-0.39, 0.29) is 36.6 Å². The van der Waals surface area contributed by atoms with Gasteiger partial charge in [0.05, 0.1) is 12.3 Å². The highest BCUT2D eigenvalue weighted by Gasteiger charge is 2.23. The second-order valence-corrected chi connectivity index (χ2v) is 5.02. The molecule has 4 nitrogen and oxygen atoms in total. The second kappa shape index (κ2) is 7.45. The topological polar surface area (TPSA) is 64.4 Å². The molecule has 20 heavy (non-hydrogen) atoms. The summed E-state index contributed by atoms with van der Waals surface area (Å²) in [7, 11) is 0. The predicted octanol–water partition coefficient (Wildman–Crippen LogP) is 2.57. The third kappa shape index (κ3) is 4.65. The van der Waals surface area contributed by atoms with Crippen molar-refractivity contribution in [3.8, 4) is 5.75 Å². The van der Waals surface area contributed by atoms with Crippen LogP contribution in [0, 0.1) is 17.7 Å². The monoisotopic (exact) mass is 302 g/mol. The van der Waals surface area contributed by atoms with Crippen LogP contribution in [0.4, 0.5) is 10.1 Å². The molecule has 6 heteroatoms. The summed E-state index contributed by atoms with van der Waals surface area (Å²) in [6.45, 7) is 2.58. The number of anilines is 1. The molecular weight excluding hydrogens is 283 g/mol. The number of carbonyl (C=O) groups excluding carboxylic acids is 1. The summed E-state index contributed by atoms with van der Waals surface area (Å²) in [6, 6.07) is 4.11.